The Bertz CT molecular complexity index is 503. The summed E-state index contributed by atoms with van der Waals surface area (Å²) in [5.41, 5.74) is 0.164. The van der Waals surface area contributed by atoms with Gasteiger partial charge in [-0.2, -0.15) is 0 Å². The summed E-state index contributed by atoms with van der Waals surface area (Å²) in [6.45, 7) is 0. The van der Waals surface area contributed by atoms with Crippen LogP contribution in [0.4, 0.5) is 16.1 Å². The molecule has 0 atom stereocenters. The van der Waals surface area contributed by atoms with Crippen LogP contribution < -0.4 is 5.32 Å². The minimum atomic E-state index is -0.463. The van der Waals surface area contributed by atoms with Crippen molar-refractivity contribution in [3.05, 3.63) is 34.9 Å². The summed E-state index contributed by atoms with van der Waals surface area (Å²) in [5.74, 6) is -0.103. The predicted octanol–water partition coefficient (Wildman–Crippen LogP) is 3.34. The Labute approximate surface area is 100 Å². The number of rotatable bonds is 3. The maximum atomic E-state index is 13.3. The van der Waals surface area contributed by atoms with Crippen LogP contribution in [-0.4, -0.2) is 10.2 Å². The van der Waals surface area contributed by atoms with Gasteiger partial charge in [-0.1, -0.05) is 16.7 Å². The van der Waals surface area contributed by atoms with E-state index < -0.39 is 5.82 Å². The fraction of sp³-hybridized carbons (Fsp3) is 0.111. The first-order valence-corrected chi connectivity index (χ1v) is 5.20. The molecule has 2 aromatic rings. The first-order chi connectivity index (χ1) is 7.69. The second-order valence-electron chi connectivity index (χ2n) is 2.88. The minimum Gasteiger partial charge on any atom is -0.407 e. The van der Waals surface area contributed by atoms with Crippen molar-refractivity contribution < 1.29 is 8.81 Å². The van der Waals surface area contributed by atoms with E-state index in [-0.39, 0.29) is 23.5 Å². The molecular weight excluding hydrogens is 256 g/mol. The summed E-state index contributed by atoms with van der Waals surface area (Å²) in [6.07, 6.45) is 0. The molecule has 1 aromatic carbocycles. The highest BCUT2D eigenvalue weighted by Crippen LogP contribution is 2.23. The summed E-state index contributed by atoms with van der Waals surface area (Å²) in [5, 5.41) is 10.3. The van der Waals surface area contributed by atoms with E-state index >= 15 is 0 Å². The molecule has 1 aromatic heterocycles. The third-order valence-corrected chi connectivity index (χ3v) is 2.21. The van der Waals surface area contributed by atoms with Crippen LogP contribution in [0.1, 0.15) is 5.89 Å². The van der Waals surface area contributed by atoms with E-state index in [1.807, 2.05) is 0 Å². The van der Waals surface area contributed by atoms with Gasteiger partial charge in [-0.15, -0.1) is 16.7 Å². The molecule has 0 bridgehead atoms. The Balaban J connectivity index is 2.22. The lowest BCUT2D eigenvalue weighted by molar-refractivity contribution is 0.529. The fourth-order valence-corrected chi connectivity index (χ4v) is 1.35. The van der Waals surface area contributed by atoms with E-state index in [0.717, 1.165) is 0 Å². The van der Waals surface area contributed by atoms with Crippen LogP contribution in [-0.2, 0) is 5.88 Å². The van der Waals surface area contributed by atoms with Crippen molar-refractivity contribution >= 4 is 34.9 Å². The monoisotopic (exact) mass is 261 g/mol. The Morgan fingerprint density at radius 1 is 1.38 bits per heavy atom. The Morgan fingerprint density at radius 3 is 2.88 bits per heavy atom. The molecule has 7 heteroatoms. The molecule has 16 heavy (non-hydrogen) atoms. The van der Waals surface area contributed by atoms with Gasteiger partial charge in [-0.25, -0.2) is 4.39 Å². The Hall–Kier alpha value is -1.33. The molecule has 0 spiro atoms. The SMILES string of the molecule is Fc1ccc(Cl)cc1Nc1nnc(CCl)o1. The highest BCUT2D eigenvalue weighted by atomic mass is 35.5. The van der Waals surface area contributed by atoms with Gasteiger partial charge in [-0.3, -0.25) is 0 Å². The molecule has 0 unspecified atom stereocenters. The van der Waals surface area contributed by atoms with E-state index in [2.05, 4.69) is 15.5 Å². The third-order valence-electron chi connectivity index (χ3n) is 1.75. The standard InChI is InChI=1S/C9H6Cl2FN3O/c10-4-8-14-15-9(16-8)13-7-3-5(11)1-2-6(7)12/h1-3H,4H2,(H,13,15). The molecule has 1 heterocycles. The van der Waals surface area contributed by atoms with Gasteiger partial charge in [0.2, 0.25) is 5.89 Å². The maximum Gasteiger partial charge on any atom is 0.320 e. The summed E-state index contributed by atoms with van der Waals surface area (Å²) in [7, 11) is 0. The average Bonchev–Trinajstić information content (AvgIpc) is 2.71. The van der Waals surface area contributed by atoms with Gasteiger partial charge in [0.05, 0.1) is 5.69 Å². The van der Waals surface area contributed by atoms with Gasteiger partial charge in [0.15, 0.2) is 0 Å². The quantitative estimate of drug-likeness (QED) is 0.862. The van der Waals surface area contributed by atoms with Crippen LogP contribution in [0, 0.1) is 5.82 Å². The Kier molecular flexibility index (Phi) is 3.26. The predicted molar refractivity (Wildman–Crippen MR) is 58.5 cm³/mol. The molecule has 0 aliphatic heterocycles. The number of hydrogen-bond acceptors (Lipinski definition) is 4. The van der Waals surface area contributed by atoms with Crippen molar-refractivity contribution in [1.82, 2.24) is 10.2 Å². The van der Waals surface area contributed by atoms with Crippen molar-refractivity contribution in [2.24, 2.45) is 0 Å². The highest BCUT2D eigenvalue weighted by molar-refractivity contribution is 6.30. The summed E-state index contributed by atoms with van der Waals surface area (Å²) >= 11 is 11.2. The number of halogens is 3. The third kappa shape index (κ3) is 2.43. The first-order valence-electron chi connectivity index (χ1n) is 4.29. The summed E-state index contributed by atoms with van der Waals surface area (Å²) in [4.78, 5) is 0. The minimum absolute atomic E-state index is 0.0665. The van der Waals surface area contributed by atoms with Gasteiger partial charge < -0.3 is 9.73 Å². The molecule has 0 fully saturated rings. The van der Waals surface area contributed by atoms with E-state index in [1.54, 1.807) is 0 Å². The first kappa shape index (κ1) is 11.2. The second-order valence-corrected chi connectivity index (χ2v) is 3.59. The molecule has 0 saturated carbocycles. The van der Waals surface area contributed by atoms with Gasteiger partial charge in [0.1, 0.15) is 11.7 Å². The fourth-order valence-electron chi connectivity index (χ4n) is 1.07. The molecule has 0 amide bonds. The van der Waals surface area contributed by atoms with E-state index in [1.165, 1.54) is 18.2 Å². The zero-order chi connectivity index (χ0) is 11.5. The van der Waals surface area contributed by atoms with Crippen molar-refractivity contribution in [2.45, 2.75) is 5.88 Å². The number of nitrogens with one attached hydrogen (secondary N) is 1. The highest BCUT2D eigenvalue weighted by Gasteiger charge is 2.08. The largest absolute Gasteiger partial charge is 0.407 e. The molecule has 0 aliphatic carbocycles. The number of hydrogen-bond donors (Lipinski definition) is 1. The van der Waals surface area contributed by atoms with Crippen LogP contribution in [0.3, 0.4) is 0 Å². The molecule has 4 nitrogen and oxygen atoms in total. The lowest BCUT2D eigenvalue weighted by Crippen LogP contribution is -1.93. The zero-order valence-corrected chi connectivity index (χ0v) is 9.39. The number of benzene rings is 1. The van der Waals surface area contributed by atoms with Crippen molar-refractivity contribution in [2.75, 3.05) is 5.32 Å². The number of alkyl halides is 1. The van der Waals surface area contributed by atoms with Crippen LogP contribution >= 0.6 is 23.2 Å². The molecular formula is C9H6Cl2FN3O. The van der Waals surface area contributed by atoms with Crippen LogP contribution in [0.25, 0.3) is 0 Å². The van der Waals surface area contributed by atoms with E-state index in [9.17, 15) is 4.39 Å². The maximum absolute atomic E-state index is 13.3. The Morgan fingerprint density at radius 2 is 2.19 bits per heavy atom. The molecule has 0 radical (unpaired) electrons. The zero-order valence-electron chi connectivity index (χ0n) is 7.88. The number of aromatic nitrogens is 2. The lowest BCUT2D eigenvalue weighted by atomic mass is 10.3. The molecule has 0 saturated heterocycles. The van der Waals surface area contributed by atoms with Crippen LogP contribution in [0.15, 0.2) is 22.6 Å². The normalized spacial score (nSPS) is 10.4. The smallest absolute Gasteiger partial charge is 0.320 e. The average molecular weight is 262 g/mol. The van der Waals surface area contributed by atoms with Crippen LogP contribution in [0.5, 0.6) is 0 Å². The van der Waals surface area contributed by atoms with Gasteiger partial charge in [0, 0.05) is 5.02 Å². The molecule has 84 valence electrons. The lowest BCUT2D eigenvalue weighted by Gasteiger charge is -2.02. The van der Waals surface area contributed by atoms with E-state index in [0.29, 0.717) is 5.02 Å². The summed E-state index contributed by atoms with van der Waals surface area (Å²) in [6, 6.07) is 4.17. The van der Waals surface area contributed by atoms with Crippen molar-refractivity contribution in [1.29, 1.82) is 0 Å². The van der Waals surface area contributed by atoms with Gasteiger partial charge in [-0.05, 0) is 18.2 Å². The van der Waals surface area contributed by atoms with Crippen molar-refractivity contribution in [3.63, 3.8) is 0 Å². The summed E-state index contributed by atoms with van der Waals surface area (Å²) < 4.78 is 18.4. The molecule has 0 aliphatic rings. The van der Waals surface area contributed by atoms with Crippen LogP contribution in [0.2, 0.25) is 5.02 Å². The van der Waals surface area contributed by atoms with Gasteiger partial charge >= 0.3 is 6.01 Å². The molecule has 2 rings (SSSR count). The number of anilines is 2. The van der Waals surface area contributed by atoms with Gasteiger partial charge in [0.25, 0.3) is 0 Å². The van der Waals surface area contributed by atoms with Crippen molar-refractivity contribution in [3.8, 4) is 0 Å². The number of nitrogens with zero attached hydrogens (tertiary/aromatic N) is 2. The second kappa shape index (κ2) is 4.67. The topological polar surface area (TPSA) is 51.0 Å². The van der Waals surface area contributed by atoms with E-state index in [4.69, 9.17) is 27.6 Å². The molecule has 1 N–H and O–H groups in total.